The number of amides is 1. The molecule has 1 aromatic heterocycles. The van der Waals surface area contributed by atoms with Crippen LogP contribution >= 0.6 is 27.3 Å². The van der Waals surface area contributed by atoms with Crippen molar-refractivity contribution < 1.29 is 19.0 Å². The van der Waals surface area contributed by atoms with E-state index in [9.17, 15) is 4.79 Å². The van der Waals surface area contributed by atoms with Crippen LogP contribution in [0, 0.1) is 0 Å². The highest BCUT2D eigenvalue weighted by Gasteiger charge is 2.17. The van der Waals surface area contributed by atoms with Crippen LogP contribution in [0.1, 0.15) is 22.2 Å². The molecule has 0 aliphatic carbocycles. The van der Waals surface area contributed by atoms with E-state index in [1.807, 2.05) is 19.1 Å². The van der Waals surface area contributed by atoms with Crippen LogP contribution in [0.2, 0.25) is 0 Å². The number of hydrogen-bond acceptors (Lipinski definition) is 6. The largest absolute Gasteiger partial charge is 0.493 e. The fraction of sp³-hybridized carbons (Fsp3) is 0.250. The van der Waals surface area contributed by atoms with Gasteiger partial charge in [0.05, 0.1) is 35.7 Å². The molecule has 2 aromatic rings. The molecule has 1 aromatic carbocycles. The lowest BCUT2D eigenvalue weighted by molar-refractivity contribution is 0.0954. The molecular formula is C16H17BrN2O4S. The zero-order valence-electron chi connectivity index (χ0n) is 13.7. The number of nitrogens with zero attached hydrogens (tertiary/aromatic N) is 1. The van der Waals surface area contributed by atoms with E-state index in [-0.39, 0.29) is 5.91 Å². The molecule has 0 saturated carbocycles. The second-order valence-corrected chi connectivity index (χ2v) is 7.12. The molecule has 1 amide bonds. The number of ether oxygens (including phenoxy) is 3. The van der Waals surface area contributed by atoms with Gasteiger partial charge in [-0.05, 0) is 47.1 Å². The van der Waals surface area contributed by atoms with E-state index in [0.717, 1.165) is 8.66 Å². The predicted octanol–water partition coefficient (Wildman–Crippen LogP) is 3.69. The van der Waals surface area contributed by atoms with Crippen LogP contribution in [-0.4, -0.2) is 32.9 Å². The van der Waals surface area contributed by atoms with Gasteiger partial charge in [0, 0.05) is 5.56 Å². The van der Waals surface area contributed by atoms with Crippen molar-refractivity contribution in [3.8, 4) is 17.2 Å². The molecule has 0 saturated heterocycles. The third-order valence-corrected chi connectivity index (χ3v) is 4.91. The number of hydrazone groups is 1. The number of halogens is 1. The minimum absolute atomic E-state index is 0.355. The van der Waals surface area contributed by atoms with Crippen molar-refractivity contribution in [2.24, 2.45) is 5.10 Å². The van der Waals surface area contributed by atoms with E-state index in [1.165, 1.54) is 32.7 Å². The molecular weight excluding hydrogens is 396 g/mol. The van der Waals surface area contributed by atoms with E-state index < -0.39 is 0 Å². The van der Waals surface area contributed by atoms with E-state index in [1.54, 1.807) is 12.1 Å². The molecule has 0 radical (unpaired) electrons. The van der Waals surface area contributed by atoms with Gasteiger partial charge in [-0.1, -0.05) is 0 Å². The second-order valence-electron chi connectivity index (χ2n) is 4.66. The van der Waals surface area contributed by atoms with Crippen LogP contribution in [0.25, 0.3) is 0 Å². The van der Waals surface area contributed by atoms with Gasteiger partial charge in [0.1, 0.15) is 0 Å². The summed E-state index contributed by atoms with van der Waals surface area (Å²) in [5.74, 6) is 0.874. The zero-order chi connectivity index (χ0) is 17.7. The van der Waals surface area contributed by atoms with Crippen LogP contribution in [0.3, 0.4) is 0 Å². The molecule has 0 aliphatic heterocycles. The molecule has 2 rings (SSSR count). The van der Waals surface area contributed by atoms with Crippen molar-refractivity contribution in [1.29, 1.82) is 0 Å². The van der Waals surface area contributed by atoms with Gasteiger partial charge in [-0.15, -0.1) is 11.3 Å². The van der Waals surface area contributed by atoms with Gasteiger partial charge >= 0.3 is 0 Å². The third kappa shape index (κ3) is 4.07. The Hall–Kier alpha value is -2.06. The van der Waals surface area contributed by atoms with Crippen molar-refractivity contribution in [3.63, 3.8) is 0 Å². The van der Waals surface area contributed by atoms with Crippen molar-refractivity contribution in [2.45, 2.75) is 6.92 Å². The van der Waals surface area contributed by atoms with Crippen LogP contribution in [0.4, 0.5) is 0 Å². The molecule has 0 unspecified atom stereocenters. The maximum absolute atomic E-state index is 12.3. The van der Waals surface area contributed by atoms with Crippen LogP contribution in [0.15, 0.2) is 33.2 Å². The average Bonchev–Trinajstić information content (AvgIpc) is 3.04. The predicted molar refractivity (Wildman–Crippen MR) is 97.8 cm³/mol. The van der Waals surface area contributed by atoms with Gasteiger partial charge in [-0.2, -0.15) is 5.10 Å². The molecule has 0 atom stereocenters. The van der Waals surface area contributed by atoms with Crippen LogP contribution in [-0.2, 0) is 0 Å². The van der Waals surface area contributed by atoms with Gasteiger partial charge in [0.2, 0.25) is 5.75 Å². The Morgan fingerprint density at radius 3 is 2.21 bits per heavy atom. The quantitative estimate of drug-likeness (QED) is 0.580. The van der Waals surface area contributed by atoms with Crippen LogP contribution < -0.4 is 19.6 Å². The number of carbonyl (C=O) groups is 1. The maximum atomic E-state index is 12.3. The highest BCUT2D eigenvalue weighted by Crippen LogP contribution is 2.38. The first-order valence-corrected chi connectivity index (χ1v) is 8.51. The summed E-state index contributed by atoms with van der Waals surface area (Å²) >= 11 is 4.94. The van der Waals surface area contributed by atoms with Gasteiger partial charge in [-0.3, -0.25) is 4.79 Å². The molecule has 0 spiro atoms. The molecule has 8 heteroatoms. The van der Waals surface area contributed by atoms with Gasteiger partial charge in [0.15, 0.2) is 11.5 Å². The van der Waals surface area contributed by atoms with E-state index in [2.05, 4.69) is 26.5 Å². The molecule has 0 fully saturated rings. The smallest absolute Gasteiger partial charge is 0.271 e. The van der Waals surface area contributed by atoms with E-state index >= 15 is 0 Å². The van der Waals surface area contributed by atoms with Crippen molar-refractivity contribution >= 4 is 38.9 Å². The second kappa shape index (κ2) is 8.16. The summed E-state index contributed by atoms with van der Waals surface area (Å²) in [4.78, 5) is 13.3. The van der Waals surface area contributed by atoms with Crippen molar-refractivity contribution in [2.75, 3.05) is 21.3 Å². The molecule has 1 heterocycles. The Bertz CT molecular complexity index is 748. The molecule has 128 valence electrons. The number of carbonyl (C=O) groups excluding carboxylic acids is 1. The topological polar surface area (TPSA) is 69.2 Å². The summed E-state index contributed by atoms with van der Waals surface area (Å²) in [7, 11) is 4.50. The number of methoxy groups -OCH3 is 3. The highest BCUT2D eigenvalue weighted by atomic mass is 79.9. The Kier molecular flexibility index (Phi) is 6.22. The first-order chi connectivity index (χ1) is 11.5. The average molecular weight is 413 g/mol. The number of benzene rings is 1. The summed E-state index contributed by atoms with van der Waals surface area (Å²) in [5.41, 5.74) is 3.60. The molecule has 0 aliphatic rings. The summed E-state index contributed by atoms with van der Waals surface area (Å²) in [6.07, 6.45) is 0. The third-order valence-electron chi connectivity index (χ3n) is 3.18. The van der Waals surface area contributed by atoms with E-state index in [0.29, 0.717) is 28.5 Å². The fourth-order valence-corrected chi connectivity index (χ4v) is 3.31. The molecule has 1 N–H and O–H groups in total. The summed E-state index contributed by atoms with van der Waals surface area (Å²) < 4.78 is 16.7. The number of nitrogens with one attached hydrogen (secondary N) is 1. The monoisotopic (exact) mass is 412 g/mol. The van der Waals surface area contributed by atoms with Crippen LogP contribution in [0.5, 0.6) is 17.2 Å². The minimum Gasteiger partial charge on any atom is -0.493 e. The lowest BCUT2D eigenvalue weighted by atomic mass is 10.1. The normalized spacial score (nSPS) is 11.1. The lowest BCUT2D eigenvalue weighted by Crippen LogP contribution is -2.19. The van der Waals surface area contributed by atoms with E-state index in [4.69, 9.17) is 14.2 Å². The number of rotatable bonds is 6. The minimum atomic E-state index is -0.371. The number of thiophene rings is 1. The number of hydrogen-bond donors (Lipinski definition) is 1. The van der Waals surface area contributed by atoms with Gasteiger partial charge in [0.25, 0.3) is 5.91 Å². The highest BCUT2D eigenvalue weighted by molar-refractivity contribution is 9.11. The SMILES string of the molecule is COc1cc(C(=O)NN=C(C)c2ccc(Br)s2)cc(OC)c1OC. The Balaban J connectivity index is 2.23. The summed E-state index contributed by atoms with van der Waals surface area (Å²) in [6.45, 7) is 1.83. The summed E-state index contributed by atoms with van der Waals surface area (Å²) in [6, 6.07) is 7.01. The first kappa shape index (κ1) is 18.3. The summed E-state index contributed by atoms with van der Waals surface area (Å²) in [5, 5.41) is 4.13. The first-order valence-electron chi connectivity index (χ1n) is 6.90. The van der Waals surface area contributed by atoms with Gasteiger partial charge in [-0.25, -0.2) is 5.43 Å². The molecule has 0 bridgehead atoms. The maximum Gasteiger partial charge on any atom is 0.271 e. The van der Waals surface area contributed by atoms with Gasteiger partial charge < -0.3 is 14.2 Å². The van der Waals surface area contributed by atoms with Crippen molar-refractivity contribution in [3.05, 3.63) is 38.5 Å². The Morgan fingerprint density at radius 1 is 1.12 bits per heavy atom. The molecule has 24 heavy (non-hydrogen) atoms. The molecule has 6 nitrogen and oxygen atoms in total. The lowest BCUT2D eigenvalue weighted by Gasteiger charge is -2.13. The fourth-order valence-electron chi connectivity index (χ4n) is 1.98. The Morgan fingerprint density at radius 2 is 1.75 bits per heavy atom. The standard InChI is InChI=1S/C16H17BrN2O4S/c1-9(13-5-6-14(17)24-13)18-19-16(20)10-7-11(21-2)15(23-4)12(8-10)22-3/h5-8H,1-4H3,(H,19,20). The van der Waals surface area contributed by atoms with Crippen molar-refractivity contribution in [1.82, 2.24) is 5.43 Å². The Labute approximate surface area is 152 Å². The zero-order valence-corrected chi connectivity index (χ0v) is 16.1.